The second-order valence-corrected chi connectivity index (χ2v) is 4.43. The van der Waals surface area contributed by atoms with Gasteiger partial charge in [-0.3, -0.25) is 0 Å². The van der Waals surface area contributed by atoms with E-state index in [1.54, 1.807) is 20.8 Å². The van der Waals surface area contributed by atoms with Crippen LogP contribution in [0.3, 0.4) is 0 Å². The van der Waals surface area contributed by atoms with E-state index in [0.717, 1.165) is 0 Å². The molecule has 0 aromatic heterocycles. The van der Waals surface area contributed by atoms with Crippen LogP contribution in [-0.4, -0.2) is 34.1 Å². The molecule has 3 N–H and O–H groups in total. The molecule has 0 spiro atoms. The predicted octanol–water partition coefficient (Wildman–Crippen LogP) is 0.773. The summed E-state index contributed by atoms with van der Waals surface area (Å²) in [6, 6.07) is 0. The predicted molar refractivity (Wildman–Crippen MR) is 52.3 cm³/mol. The molecular weight excluding hydrogens is 168 g/mol. The molecule has 3 nitrogen and oxygen atoms in total. The highest BCUT2D eigenvalue weighted by molar-refractivity contribution is 4.83. The third-order valence-electron chi connectivity index (χ3n) is 2.73. The summed E-state index contributed by atoms with van der Waals surface area (Å²) in [4.78, 5) is 0. The van der Waals surface area contributed by atoms with Crippen molar-refractivity contribution in [1.29, 1.82) is 0 Å². The average Bonchev–Trinajstić information content (AvgIpc) is 2.14. The van der Waals surface area contributed by atoms with Crippen molar-refractivity contribution in [2.75, 3.05) is 6.61 Å². The van der Waals surface area contributed by atoms with Gasteiger partial charge in [0.2, 0.25) is 0 Å². The summed E-state index contributed by atoms with van der Waals surface area (Å²) in [5.74, 6) is -0.202. The van der Waals surface area contributed by atoms with Crippen molar-refractivity contribution in [2.24, 2.45) is 11.3 Å². The maximum absolute atomic E-state index is 9.83. The van der Waals surface area contributed by atoms with Gasteiger partial charge >= 0.3 is 0 Å². The molecule has 0 fully saturated rings. The van der Waals surface area contributed by atoms with Gasteiger partial charge in [-0.05, 0) is 6.42 Å². The van der Waals surface area contributed by atoms with Crippen molar-refractivity contribution < 1.29 is 15.3 Å². The molecule has 0 saturated heterocycles. The molecule has 80 valence electrons. The molecular formula is C10H22O3. The van der Waals surface area contributed by atoms with E-state index >= 15 is 0 Å². The highest BCUT2D eigenvalue weighted by Gasteiger charge is 2.34. The zero-order valence-corrected chi connectivity index (χ0v) is 8.99. The van der Waals surface area contributed by atoms with Gasteiger partial charge in [-0.1, -0.05) is 27.7 Å². The molecule has 0 aromatic carbocycles. The Hall–Kier alpha value is -0.120. The first-order chi connectivity index (χ1) is 5.86. The minimum absolute atomic E-state index is 0.0745. The molecule has 3 atom stereocenters. The fraction of sp³-hybridized carbons (Fsp3) is 1.00. The Labute approximate surface area is 80.4 Å². The van der Waals surface area contributed by atoms with Crippen LogP contribution in [0.4, 0.5) is 0 Å². The Bertz CT molecular complexity index is 145. The second kappa shape index (κ2) is 4.94. The van der Waals surface area contributed by atoms with Crippen LogP contribution < -0.4 is 0 Å². The Morgan fingerprint density at radius 3 is 2.00 bits per heavy atom. The quantitative estimate of drug-likeness (QED) is 0.600. The van der Waals surface area contributed by atoms with E-state index in [-0.39, 0.29) is 12.5 Å². The summed E-state index contributed by atoms with van der Waals surface area (Å²) in [6.07, 6.45) is -0.548. The van der Waals surface area contributed by atoms with Crippen molar-refractivity contribution in [3.8, 4) is 0 Å². The lowest BCUT2D eigenvalue weighted by atomic mass is 9.78. The lowest BCUT2D eigenvalue weighted by molar-refractivity contribution is -0.0628. The zero-order chi connectivity index (χ0) is 10.6. The average molecular weight is 190 g/mol. The molecule has 0 aromatic rings. The Balaban J connectivity index is 4.32. The summed E-state index contributed by atoms with van der Waals surface area (Å²) in [5.41, 5.74) is -0.546. The molecule has 0 heterocycles. The third kappa shape index (κ3) is 3.25. The summed E-state index contributed by atoms with van der Waals surface area (Å²) >= 11 is 0. The van der Waals surface area contributed by atoms with Crippen molar-refractivity contribution in [3.63, 3.8) is 0 Å². The van der Waals surface area contributed by atoms with Crippen molar-refractivity contribution in [3.05, 3.63) is 0 Å². The van der Waals surface area contributed by atoms with Gasteiger partial charge in [-0.25, -0.2) is 0 Å². The van der Waals surface area contributed by atoms with Gasteiger partial charge in [0, 0.05) is 11.3 Å². The second-order valence-electron chi connectivity index (χ2n) is 4.43. The first-order valence-electron chi connectivity index (χ1n) is 4.83. The van der Waals surface area contributed by atoms with Crippen LogP contribution in [0.1, 0.15) is 34.1 Å². The molecule has 0 aliphatic heterocycles. The van der Waals surface area contributed by atoms with E-state index in [4.69, 9.17) is 5.11 Å². The van der Waals surface area contributed by atoms with Crippen LogP contribution in [0, 0.1) is 11.3 Å². The molecule has 0 rings (SSSR count). The van der Waals surface area contributed by atoms with Crippen LogP contribution in [0.15, 0.2) is 0 Å². The Morgan fingerprint density at radius 1 is 1.23 bits per heavy atom. The standard InChI is InChI=1S/C10H22O3/c1-5-8(12)7(2)9(13)10(3,4)6-11/h7-9,11-13H,5-6H2,1-4H3. The van der Waals surface area contributed by atoms with Crippen LogP contribution in [-0.2, 0) is 0 Å². The minimum atomic E-state index is -0.674. The molecule has 0 aliphatic rings. The molecule has 0 bridgehead atoms. The van der Waals surface area contributed by atoms with E-state index in [9.17, 15) is 10.2 Å². The Morgan fingerprint density at radius 2 is 1.69 bits per heavy atom. The first-order valence-corrected chi connectivity index (χ1v) is 4.83. The van der Waals surface area contributed by atoms with Gasteiger partial charge in [-0.15, -0.1) is 0 Å². The fourth-order valence-electron chi connectivity index (χ4n) is 1.39. The van der Waals surface area contributed by atoms with Crippen LogP contribution in [0.5, 0.6) is 0 Å². The number of aliphatic hydroxyl groups excluding tert-OH is 3. The summed E-state index contributed by atoms with van der Waals surface area (Å²) < 4.78 is 0. The van der Waals surface area contributed by atoms with E-state index in [2.05, 4.69) is 0 Å². The highest BCUT2D eigenvalue weighted by Crippen LogP contribution is 2.27. The molecule has 3 unspecified atom stereocenters. The van der Waals surface area contributed by atoms with Gasteiger partial charge in [0.05, 0.1) is 18.8 Å². The number of hydrogen-bond donors (Lipinski definition) is 3. The molecule has 0 saturated carbocycles. The van der Waals surface area contributed by atoms with E-state index < -0.39 is 17.6 Å². The summed E-state index contributed by atoms with van der Waals surface area (Å²) in [7, 11) is 0. The van der Waals surface area contributed by atoms with Crippen LogP contribution in [0.25, 0.3) is 0 Å². The number of rotatable bonds is 5. The minimum Gasteiger partial charge on any atom is -0.396 e. The number of hydrogen-bond acceptors (Lipinski definition) is 3. The van der Waals surface area contributed by atoms with Gasteiger partial charge in [0.15, 0.2) is 0 Å². The van der Waals surface area contributed by atoms with Gasteiger partial charge < -0.3 is 15.3 Å². The largest absolute Gasteiger partial charge is 0.396 e. The van der Waals surface area contributed by atoms with Crippen LogP contribution in [0.2, 0.25) is 0 Å². The molecule has 13 heavy (non-hydrogen) atoms. The van der Waals surface area contributed by atoms with Gasteiger partial charge in [0.25, 0.3) is 0 Å². The summed E-state index contributed by atoms with van der Waals surface area (Å²) in [5, 5.41) is 28.4. The third-order valence-corrected chi connectivity index (χ3v) is 2.73. The zero-order valence-electron chi connectivity index (χ0n) is 8.99. The SMILES string of the molecule is CCC(O)C(C)C(O)C(C)(C)CO. The van der Waals surface area contributed by atoms with Gasteiger partial charge in [0.1, 0.15) is 0 Å². The molecule has 0 amide bonds. The first kappa shape index (κ1) is 12.9. The maximum Gasteiger partial charge on any atom is 0.0663 e. The summed E-state index contributed by atoms with van der Waals surface area (Å²) in [6.45, 7) is 7.18. The van der Waals surface area contributed by atoms with Crippen molar-refractivity contribution in [1.82, 2.24) is 0 Å². The van der Waals surface area contributed by atoms with Crippen LogP contribution >= 0.6 is 0 Å². The van der Waals surface area contributed by atoms with Crippen molar-refractivity contribution in [2.45, 2.75) is 46.3 Å². The fourth-order valence-corrected chi connectivity index (χ4v) is 1.39. The molecule has 3 heteroatoms. The topological polar surface area (TPSA) is 60.7 Å². The van der Waals surface area contributed by atoms with Crippen molar-refractivity contribution >= 4 is 0 Å². The highest BCUT2D eigenvalue weighted by atomic mass is 16.3. The monoisotopic (exact) mass is 190 g/mol. The molecule has 0 aliphatic carbocycles. The Kier molecular flexibility index (Phi) is 4.89. The smallest absolute Gasteiger partial charge is 0.0663 e. The maximum atomic E-state index is 9.83. The molecule has 0 radical (unpaired) electrons. The van der Waals surface area contributed by atoms with Gasteiger partial charge in [-0.2, -0.15) is 0 Å². The van der Waals surface area contributed by atoms with E-state index in [1.165, 1.54) is 0 Å². The number of aliphatic hydroxyl groups is 3. The van der Waals surface area contributed by atoms with E-state index in [0.29, 0.717) is 6.42 Å². The lowest BCUT2D eigenvalue weighted by Crippen LogP contribution is -2.42. The lowest BCUT2D eigenvalue weighted by Gasteiger charge is -2.34. The normalized spacial score (nSPS) is 19.6. The van der Waals surface area contributed by atoms with E-state index in [1.807, 2.05) is 6.92 Å².